The maximum Gasteiger partial charge on any atom is 0.256 e. The summed E-state index contributed by atoms with van der Waals surface area (Å²) in [4.78, 5) is 25.5. The molecule has 0 unspecified atom stereocenters. The fourth-order valence-electron chi connectivity index (χ4n) is 3.25. The second-order valence-corrected chi connectivity index (χ2v) is 7.47. The first-order valence-electron chi connectivity index (χ1n) is 9.23. The first kappa shape index (κ1) is 19.5. The summed E-state index contributed by atoms with van der Waals surface area (Å²) in [6.45, 7) is 3.48. The Balaban J connectivity index is 1.41. The number of amides is 1. The van der Waals surface area contributed by atoms with Crippen molar-refractivity contribution in [1.29, 1.82) is 0 Å². The summed E-state index contributed by atoms with van der Waals surface area (Å²) in [7, 11) is 0. The summed E-state index contributed by atoms with van der Waals surface area (Å²) in [5.41, 5.74) is 1.64. The zero-order valence-corrected chi connectivity index (χ0v) is 17.1. The van der Waals surface area contributed by atoms with Gasteiger partial charge in [0.25, 0.3) is 5.91 Å². The Morgan fingerprint density at radius 2 is 1.59 bits per heavy atom. The topological polar surface area (TPSA) is 61.4 Å². The minimum Gasteiger partial charge on any atom is -0.368 e. The summed E-state index contributed by atoms with van der Waals surface area (Å²) in [5.74, 6) is 0.927. The molecule has 1 N–H and O–H groups in total. The zero-order chi connectivity index (χ0) is 20.2. The maximum absolute atomic E-state index is 12.5. The Kier molecular flexibility index (Phi) is 5.83. The highest BCUT2D eigenvalue weighted by molar-refractivity contribution is 6.42. The minimum absolute atomic E-state index is 0.304. The van der Waals surface area contributed by atoms with E-state index in [2.05, 4.69) is 49.4 Å². The molecule has 2 aromatic carbocycles. The molecule has 0 spiro atoms. The van der Waals surface area contributed by atoms with Crippen LogP contribution in [0.15, 0.2) is 60.9 Å². The van der Waals surface area contributed by atoms with Crippen LogP contribution in [0.4, 0.5) is 17.3 Å². The van der Waals surface area contributed by atoms with Crippen LogP contribution >= 0.6 is 23.2 Å². The Morgan fingerprint density at radius 1 is 0.862 bits per heavy atom. The Labute approximate surface area is 179 Å². The van der Waals surface area contributed by atoms with E-state index in [9.17, 15) is 4.79 Å². The lowest BCUT2D eigenvalue weighted by molar-refractivity contribution is 0.102. The molecule has 0 aliphatic carbocycles. The number of piperazine rings is 1. The number of halogens is 2. The minimum atomic E-state index is -0.304. The average Bonchev–Trinajstić information content (AvgIpc) is 2.76. The number of nitrogens with one attached hydrogen (secondary N) is 1. The van der Waals surface area contributed by atoms with Gasteiger partial charge >= 0.3 is 0 Å². The highest BCUT2D eigenvalue weighted by atomic mass is 35.5. The molecule has 4 rings (SSSR count). The van der Waals surface area contributed by atoms with Crippen molar-refractivity contribution >= 4 is 46.4 Å². The van der Waals surface area contributed by atoms with Crippen LogP contribution in [0.5, 0.6) is 0 Å². The molecule has 1 aliphatic heterocycles. The predicted molar refractivity (Wildman–Crippen MR) is 117 cm³/mol. The molecule has 8 heteroatoms. The molecular formula is C21H19Cl2N5O. The molecule has 0 saturated carbocycles. The number of aromatic nitrogens is 2. The number of benzene rings is 2. The van der Waals surface area contributed by atoms with Gasteiger partial charge in [-0.25, -0.2) is 9.97 Å². The second kappa shape index (κ2) is 8.68. The van der Waals surface area contributed by atoms with E-state index in [-0.39, 0.29) is 5.91 Å². The van der Waals surface area contributed by atoms with Crippen LogP contribution in [-0.4, -0.2) is 42.1 Å². The number of anilines is 3. The van der Waals surface area contributed by atoms with E-state index in [1.165, 1.54) is 18.1 Å². The third kappa shape index (κ3) is 4.60. The van der Waals surface area contributed by atoms with Gasteiger partial charge in [-0.2, -0.15) is 0 Å². The Bertz CT molecular complexity index is 1010. The number of carbonyl (C=O) groups excluding carboxylic acids is 1. The number of hydrogen-bond acceptors (Lipinski definition) is 5. The lowest BCUT2D eigenvalue weighted by Gasteiger charge is -2.36. The van der Waals surface area contributed by atoms with Gasteiger partial charge < -0.3 is 15.1 Å². The number of hydrogen-bond donors (Lipinski definition) is 1. The van der Waals surface area contributed by atoms with E-state index in [0.717, 1.165) is 32.0 Å². The summed E-state index contributed by atoms with van der Waals surface area (Å²) in [5, 5.41) is 3.53. The standard InChI is InChI=1S/C21H19Cl2N5O/c22-17-7-6-15(12-18(17)23)21(29)26-19-13-20(25-14-24-19)28-10-8-27(9-11-28)16-4-2-1-3-5-16/h1-7,12-14H,8-11H2,(H,24,25,26,29). The second-order valence-electron chi connectivity index (χ2n) is 6.65. The van der Waals surface area contributed by atoms with Crippen LogP contribution in [0.1, 0.15) is 10.4 Å². The normalized spacial score (nSPS) is 14.0. The quantitative estimate of drug-likeness (QED) is 0.669. The SMILES string of the molecule is O=C(Nc1cc(N2CCN(c3ccccc3)CC2)ncn1)c1ccc(Cl)c(Cl)c1. The molecule has 2 heterocycles. The van der Waals surface area contributed by atoms with Crippen molar-refractivity contribution < 1.29 is 4.79 Å². The lowest BCUT2D eigenvalue weighted by Crippen LogP contribution is -2.46. The Hall–Kier alpha value is -2.83. The van der Waals surface area contributed by atoms with Crippen molar-refractivity contribution in [2.75, 3.05) is 41.3 Å². The smallest absolute Gasteiger partial charge is 0.256 e. The highest BCUT2D eigenvalue weighted by Gasteiger charge is 2.19. The van der Waals surface area contributed by atoms with Gasteiger partial charge in [-0.3, -0.25) is 4.79 Å². The van der Waals surface area contributed by atoms with Gasteiger partial charge in [0.2, 0.25) is 0 Å². The summed E-state index contributed by atoms with van der Waals surface area (Å²) < 4.78 is 0. The lowest BCUT2D eigenvalue weighted by atomic mass is 10.2. The van der Waals surface area contributed by atoms with Crippen molar-refractivity contribution in [2.45, 2.75) is 0 Å². The van der Waals surface area contributed by atoms with Crippen LogP contribution in [0.2, 0.25) is 10.0 Å². The van der Waals surface area contributed by atoms with E-state index in [1.807, 2.05) is 6.07 Å². The number of carbonyl (C=O) groups is 1. The third-order valence-electron chi connectivity index (χ3n) is 4.80. The molecule has 1 fully saturated rings. The van der Waals surface area contributed by atoms with E-state index in [0.29, 0.717) is 21.4 Å². The predicted octanol–water partition coefficient (Wildman–Crippen LogP) is 4.36. The van der Waals surface area contributed by atoms with Crippen LogP contribution < -0.4 is 15.1 Å². The van der Waals surface area contributed by atoms with E-state index in [1.54, 1.807) is 18.2 Å². The molecule has 1 aromatic heterocycles. The summed E-state index contributed by atoms with van der Waals surface area (Å²) >= 11 is 11.9. The van der Waals surface area contributed by atoms with Crippen molar-refractivity contribution in [3.05, 3.63) is 76.5 Å². The fraction of sp³-hybridized carbons (Fsp3) is 0.190. The van der Waals surface area contributed by atoms with Gasteiger partial charge in [0.05, 0.1) is 10.0 Å². The number of rotatable bonds is 4. The van der Waals surface area contributed by atoms with Gasteiger partial charge in [0.1, 0.15) is 18.0 Å². The molecule has 6 nitrogen and oxygen atoms in total. The first-order valence-corrected chi connectivity index (χ1v) is 9.99. The van der Waals surface area contributed by atoms with E-state index in [4.69, 9.17) is 23.2 Å². The molecule has 1 aliphatic rings. The van der Waals surface area contributed by atoms with E-state index >= 15 is 0 Å². The van der Waals surface area contributed by atoms with Gasteiger partial charge in [-0.15, -0.1) is 0 Å². The van der Waals surface area contributed by atoms with Crippen LogP contribution in [0.25, 0.3) is 0 Å². The monoisotopic (exact) mass is 427 g/mol. The van der Waals surface area contributed by atoms with Gasteiger partial charge in [0.15, 0.2) is 0 Å². The molecule has 148 valence electrons. The van der Waals surface area contributed by atoms with Gasteiger partial charge in [-0.05, 0) is 30.3 Å². The molecule has 1 saturated heterocycles. The van der Waals surface area contributed by atoms with Crippen molar-refractivity contribution in [3.63, 3.8) is 0 Å². The molecule has 0 atom stereocenters. The van der Waals surface area contributed by atoms with Gasteiger partial charge in [-0.1, -0.05) is 41.4 Å². The molecule has 3 aromatic rings. The van der Waals surface area contributed by atoms with E-state index < -0.39 is 0 Å². The molecule has 0 radical (unpaired) electrons. The third-order valence-corrected chi connectivity index (χ3v) is 5.54. The largest absolute Gasteiger partial charge is 0.368 e. The molecular weight excluding hydrogens is 409 g/mol. The molecule has 1 amide bonds. The number of para-hydroxylation sites is 1. The van der Waals surface area contributed by atoms with Crippen LogP contribution in [0.3, 0.4) is 0 Å². The average molecular weight is 428 g/mol. The summed E-state index contributed by atoms with van der Waals surface area (Å²) in [6.07, 6.45) is 1.46. The molecule has 29 heavy (non-hydrogen) atoms. The van der Waals surface area contributed by atoms with Crippen molar-refractivity contribution in [2.24, 2.45) is 0 Å². The molecule has 0 bridgehead atoms. The Morgan fingerprint density at radius 3 is 2.31 bits per heavy atom. The van der Waals surface area contributed by atoms with Crippen LogP contribution in [0, 0.1) is 0 Å². The maximum atomic E-state index is 12.5. The van der Waals surface area contributed by atoms with Crippen LogP contribution in [-0.2, 0) is 0 Å². The first-order chi connectivity index (χ1) is 14.1. The highest BCUT2D eigenvalue weighted by Crippen LogP contribution is 2.24. The summed E-state index contributed by atoms with van der Waals surface area (Å²) in [6, 6.07) is 16.9. The van der Waals surface area contributed by atoms with Crippen molar-refractivity contribution in [3.8, 4) is 0 Å². The number of nitrogens with zero attached hydrogens (tertiary/aromatic N) is 4. The fourth-order valence-corrected chi connectivity index (χ4v) is 3.54. The van der Waals surface area contributed by atoms with Gasteiger partial charge in [0, 0.05) is 43.5 Å². The van der Waals surface area contributed by atoms with Crippen molar-refractivity contribution in [1.82, 2.24) is 9.97 Å². The zero-order valence-electron chi connectivity index (χ0n) is 15.6.